The maximum absolute atomic E-state index is 11.9. The lowest BCUT2D eigenvalue weighted by Crippen LogP contribution is -2.33. The fourth-order valence-electron chi connectivity index (χ4n) is 1.81. The highest BCUT2D eigenvalue weighted by molar-refractivity contribution is 6.30. The number of alkyl halides is 1. The summed E-state index contributed by atoms with van der Waals surface area (Å²) in [5.41, 5.74) is 1.01. The molecule has 0 heterocycles. The maximum atomic E-state index is 11.9. The molecule has 0 saturated heterocycles. The van der Waals surface area contributed by atoms with E-state index in [0.29, 0.717) is 13.0 Å². The van der Waals surface area contributed by atoms with Crippen LogP contribution in [0, 0.1) is 0 Å². The molecule has 1 aromatic carbocycles. The first-order chi connectivity index (χ1) is 9.08. The third-order valence-electron chi connectivity index (χ3n) is 2.85. The lowest BCUT2D eigenvalue weighted by Gasteiger charge is -2.17. The molecule has 1 N–H and O–H groups in total. The zero-order valence-corrected chi connectivity index (χ0v) is 12.5. The highest BCUT2D eigenvalue weighted by Gasteiger charge is 2.17. The first-order valence-electron chi connectivity index (χ1n) is 6.75. The molecule has 0 radical (unpaired) electrons. The van der Waals surface area contributed by atoms with Crippen LogP contribution >= 0.6 is 11.6 Å². The van der Waals surface area contributed by atoms with E-state index in [-0.39, 0.29) is 11.9 Å². The summed E-state index contributed by atoms with van der Waals surface area (Å²) in [4.78, 5) is 11.9. The van der Waals surface area contributed by atoms with Gasteiger partial charge in [0.2, 0.25) is 5.91 Å². The van der Waals surface area contributed by atoms with Crippen LogP contribution in [0.4, 0.5) is 0 Å². The molecule has 0 bridgehead atoms. The lowest BCUT2D eigenvalue weighted by atomic mass is 10.1. The summed E-state index contributed by atoms with van der Waals surface area (Å²) in [6.07, 6.45) is 1.59. The minimum atomic E-state index is -0.456. The van der Waals surface area contributed by atoms with Crippen LogP contribution in [0.2, 0.25) is 0 Å². The second-order valence-corrected chi connectivity index (χ2v) is 5.02. The second-order valence-electron chi connectivity index (χ2n) is 4.49. The van der Waals surface area contributed by atoms with Gasteiger partial charge in [0.05, 0.1) is 12.6 Å². The van der Waals surface area contributed by atoms with Gasteiger partial charge in [-0.15, -0.1) is 11.6 Å². The molecule has 0 aliphatic carbocycles. The number of hydrogen-bond acceptors (Lipinski definition) is 2. The number of benzene rings is 1. The number of amides is 1. The first kappa shape index (κ1) is 15.8. The molecule has 19 heavy (non-hydrogen) atoms. The molecule has 3 nitrogen and oxygen atoms in total. The van der Waals surface area contributed by atoms with Crippen molar-refractivity contribution < 1.29 is 9.53 Å². The lowest BCUT2D eigenvalue weighted by molar-refractivity contribution is -0.121. The van der Waals surface area contributed by atoms with Crippen molar-refractivity contribution in [3.05, 3.63) is 29.8 Å². The Hall–Kier alpha value is -1.22. The molecule has 0 spiro atoms. The molecule has 0 saturated carbocycles. The molecular formula is C15H22ClNO2. The van der Waals surface area contributed by atoms with Crippen molar-refractivity contribution in [1.29, 1.82) is 0 Å². The van der Waals surface area contributed by atoms with Crippen molar-refractivity contribution in [2.24, 2.45) is 0 Å². The van der Waals surface area contributed by atoms with Crippen LogP contribution in [0.1, 0.15) is 45.2 Å². The summed E-state index contributed by atoms with van der Waals surface area (Å²) in [5.74, 6) is 0.704. The quantitative estimate of drug-likeness (QED) is 0.776. The largest absolute Gasteiger partial charge is 0.494 e. The van der Waals surface area contributed by atoms with Gasteiger partial charge in [-0.25, -0.2) is 0 Å². The van der Waals surface area contributed by atoms with E-state index in [0.717, 1.165) is 17.7 Å². The van der Waals surface area contributed by atoms with Gasteiger partial charge < -0.3 is 10.1 Å². The normalized spacial score (nSPS) is 13.7. The Bertz CT molecular complexity index is 409. The van der Waals surface area contributed by atoms with E-state index in [2.05, 4.69) is 5.32 Å². The molecule has 0 aliphatic rings. The number of halogens is 1. The summed E-state index contributed by atoms with van der Waals surface area (Å²) in [7, 11) is 0. The van der Waals surface area contributed by atoms with Crippen molar-refractivity contribution in [2.75, 3.05) is 6.61 Å². The number of ether oxygens (including phenoxy) is 1. The predicted molar refractivity (Wildman–Crippen MR) is 78.7 cm³/mol. The predicted octanol–water partition coefficient (Wildman–Crippen LogP) is 3.67. The average molecular weight is 284 g/mol. The van der Waals surface area contributed by atoms with Gasteiger partial charge in [-0.05, 0) is 38.0 Å². The Labute approximate surface area is 120 Å². The molecule has 1 aromatic rings. The zero-order chi connectivity index (χ0) is 14.3. The van der Waals surface area contributed by atoms with E-state index >= 15 is 0 Å². The zero-order valence-electron chi connectivity index (χ0n) is 11.8. The number of carbonyl (C=O) groups excluding carboxylic acids is 1. The van der Waals surface area contributed by atoms with Gasteiger partial charge in [0, 0.05) is 0 Å². The van der Waals surface area contributed by atoms with Crippen molar-refractivity contribution in [3.8, 4) is 5.75 Å². The Balaban J connectivity index is 2.64. The van der Waals surface area contributed by atoms with Gasteiger partial charge in [0.15, 0.2) is 0 Å². The van der Waals surface area contributed by atoms with Crippen LogP contribution in [0.3, 0.4) is 0 Å². The summed E-state index contributed by atoms with van der Waals surface area (Å²) < 4.78 is 5.45. The Morgan fingerprint density at radius 3 is 2.79 bits per heavy atom. The highest BCUT2D eigenvalue weighted by Crippen LogP contribution is 2.19. The van der Waals surface area contributed by atoms with Crippen LogP contribution in [0.15, 0.2) is 24.3 Å². The summed E-state index contributed by atoms with van der Waals surface area (Å²) in [6, 6.07) is 7.66. The van der Waals surface area contributed by atoms with Gasteiger partial charge in [-0.1, -0.05) is 25.5 Å². The van der Waals surface area contributed by atoms with Gasteiger partial charge >= 0.3 is 0 Å². The van der Waals surface area contributed by atoms with Gasteiger partial charge in [0.25, 0.3) is 0 Å². The van der Waals surface area contributed by atoms with Crippen LogP contribution in [0.5, 0.6) is 5.75 Å². The molecule has 0 fully saturated rings. The number of hydrogen-bond donors (Lipinski definition) is 1. The van der Waals surface area contributed by atoms with E-state index in [1.165, 1.54) is 0 Å². The number of carbonyl (C=O) groups is 1. The molecule has 1 amide bonds. The molecule has 4 heteroatoms. The van der Waals surface area contributed by atoms with E-state index in [1.54, 1.807) is 0 Å². The van der Waals surface area contributed by atoms with Gasteiger partial charge in [-0.2, -0.15) is 0 Å². The van der Waals surface area contributed by atoms with E-state index < -0.39 is 5.38 Å². The van der Waals surface area contributed by atoms with Crippen LogP contribution in [-0.2, 0) is 4.79 Å². The van der Waals surface area contributed by atoms with E-state index in [9.17, 15) is 4.79 Å². The standard InChI is InChI=1S/C15H22ClNO2/c1-4-7-14(16)15(18)17-11(3)12-8-6-9-13(10-12)19-5-2/h6,8-11,14H,4-5,7H2,1-3H3,(H,17,18)/t11-,14-/m1/s1. The fraction of sp³-hybridized carbons (Fsp3) is 0.533. The van der Waals surface area contributed by atoms with Crippen LogP contribution in [-0.4, -0.2) is 17.9 Å². The molecule has 106 valence electrons. The molecule has 0 unspecified atom stereocenters. The molecular weight excluding hydrogens is 262 g/mol. The van der Waals surface area contributed by atoms with Gasteiger partial charge in [-0.3, -0.25) is 4.79 Å². The molecule has 1 rings (SSSR count). The van der Waals surface area contributed by atoms with Crippen molar-refractivity contribution >= 4 is 17.5 Å². The van der Waals surface area contributed by atoms with E-state index in [1.807, 2.05) is 45.0 Å². The maximum Gasteiger partial charge on any atom is 0.238 e. The number of rotatable bonds is 7. The average Bonchev–Trinajstić information content (AvgIpc) is 2.39. The Morgan fingerprint density at radius 2 is 2.16 bits per heavy atom. The summed E-state index contributed by atoms with van der Waals surface area (Å²) in [5, 5.41) is 2.47. The first-order valence-corrected chi connectivity index (χ1v) is 7.19. The Kier molecular flexibility index (Phi) is 6.71. The highest BCUT2D eigenvalue weighted by atomic mass is 35.5. The SMILES string of the molecule is CCC[C@@H](Cl)C(=O)N[C@H](C)c1cccc(OCC)c1. The molecule has 0 aliphatic heterocycles. The smallest absolute Gasteiger partial charge is 0.238 e. The molecule has 2 atom stereocenters. The van der Waals surface area contributed by atoms with Crippen molar-refractivity contribution in [3.63, 3.8) is 0 Å². The summed E-state index contributed by atoms with van der Waals surface area (Å²) in [6.45, 7) is 6.53. The molecule has 0 aromatic heterocycles. The third kappa shape index (κ3) is 5.11. The fourth-order valence-corrected chi connectivity index (χ4v) is 2.09. The topological polar surface area (TPSA) is 38.3 Å². The minimum absolute atomic E-state index is 0.0778. The summed E-state index contributed by atoms with van der Waals surface area (Å²) >= 11 is 6.01. The van der Waals surface area contributed by atoms with Crippen LogP contribution < -0.4 is 10.1 Å². The second kappa shape index (κ2) is 8.05. The van der Waals surface area contributed by atoms with Crippen molar-refractivity contribution in [2.45, 2.75) is 45.0 Å². The Morgan fingerprint density at radius 1 is 1.42 bits per heavy atom. The number of nitrogens with one attached hydrogen (secondary N) is 1. The monoisotopic (exact) mass is 283 g/mol. The van der Waals surface area contributed by atoms with Crippen molar-refractivity contribution in [1.82, 2.24) is 5.32 Å². The minimum Gasteiger partial charge on any atom is -0.494 e. The van der Waals surface area contributed by atoms with E-state index in [4.69, 9.17) is 16.3 Å². The third-order valence-corrected chi connectivity index (χ3v) is 3.27. The van der Waals surface area contributed by atoms with Gasteiger partial charge in [0.1, 0.15) is 11.1 Å². The van der Waals surface area contributed by atoms with Crippen LogP contribution in [0.25, 0.3) is 0 Å².